The first kappa shape index (κ1) is 27.6. The van der Waals surface area contributed by atoms with Crippen molar-refractivity contribution in [3.8, 4) is 17.0 Å². The molecule has 1 aliphatic rings. The lowest BCUT2D eigenvalue weighted by atomic mass is 9.97. The molecule has 5 rings (SSSR count). The molecule has 0 bridgehead atoms. The van der Waals surface area contributed by atoms with E-state index in [-0.39, 0.29) is 18.0 Å². The Kier molecular flexibility index (Phi) is 8.88. The number of nitrogens with one attached hydrogen (secondary N) is 1. The van der Waals surface area contributed by atoms with Gasteiger partial charge in [0.25, 0.3) is 5.91 Å². The van der Waals surface area contributed by atoms with E-state index in [1.54, 1.807) is 31.4 Å². The van der Waals surface area contributed by atoms with Gasteiger partial charge in [0.1, 0.15) is 11.6 Å². The molecule has 2 heterocycles. The third kappa shape index (κ3) is 6.58. The fourth-order valence-electron chi connectivity index (χ4n) is 4.99. The highest BCUT2D eigenvalue weighted by atomic mass is 19.1. The molecular weight excluding hydrogens is 509 g/mol. The molecule has 8 heteroatoms. The number of nitrogens with zero attached hydrogens (tertiary/aromatic N) is 2. The zero-order valence-electron chi connectivity index (χ0n) is 22.9. The Hall–Kier alpha value is -4.01. The molecule has 7 nitrogen and oxygen atoms in total. The molecule has 1 fully saturated rings. The summed E-state index contributed by atoms with van der Waals surface area (Å²) in [6, 6.07) is 21.4. The lowest BCUT2D eigenvalue weighted by Crippen LogP contribution is -2.24. The van der Waals surface area contributed by atoms with Crippen LogP contribution in [0.5, 0.6) is 5.75 Å². The van der Waals surface area contributed by atoms with Crippen LogP contribution in [0.25, 0.3) is 11.3 Å². The van der Waals surface area contributed by atoms with Crippen molar-refractivity contribution < 1.29 is 23.4 Å². The van der Waals surface area contributed by atoms with Crippen molar-refractivity contribution >= 4 is 11.6 Å². The first-order valence-corrected chi connectivity index (χ1v) is 13.6. The van der Waals surface area contributed by atoms with Crippen molar-refractivity contribution in [1.29, 1.82) is 0 Å². The maximum atomic E-state index is 15.1. The van der Waals surface area contributed by atoms with Crippen LogP contribution in [0.4, 0.5) is 10.1 Å². The number of rotatable bonds is 10. The minimum Gasteiger partial charge on any atom is -0.497 e. The van der Waals surface area contributed by atoms with E-state index in [4.69, 9.17) is 19.3 Å². The molecule has 208 valence electrons. The smallest absolute Gasteiger partial charge is 0.255 e. The van der Waals surface area contributed by atoms with Crippen LogP contribution in [0.2, 0.25) is 0 Å². The molecule has 1 aromatic heterocycles. The van der Waals surface area contributed by atoms with Crippen LogP contribution in [-0.2, 0) is 22.4 Å². The fraction of sp³-hybridized carbons (Fsp3) is 0.312. The average molecular weight is 544 g/mol. The third-order valence-corrected chi connectivity index (χ3v) is 7.02. The van der Waals surface area contributed by atoms with Crippen LogP contribution in [0.1, 0.15) is 46.4 Å². The van der Waals surface area contributed by atoms with Crippen molar-refractivity contribution in [2.75, 3.05) is 25.6 Å². The Morgan fingerprint density at radius 1 is 1.10 bits per heavy atom. The van der Waals surface area contributed by atoms with Gasteiger partial charge in [0.15, 0.2) is 6.29 Å². The first-order valence-electron chi connectivity index (χ1n) is 13.6. The van der Waals surface area contributed by atoms with Crippen LogP contribution in [0.3, 0.4) is 0 Å². The minimum atomic E-state index is -0.312. The van der Waals surface area contributed by atoms with E-state index in [0.29, 0.717) is 48.7 Å². The maximum Gasteiger partial charge on any atom is 0.255 e. The number of ether oxygens (including phenoxy) is 3. The topological polar surface area (TPSA) is 74.6 Å². The molecule has 0 saturated carbocycles. The van der Waals surface area contributed by atoms with E-state index in [9.17, 15) is 4.79 Å². The second-order valence-corrected chi connectivity index (χ2v) is 9.85. The summed E-state index contributed by atoms with van der Waals surface area (Å²) >= 11 is 0. The van der Waals surface area contributed by atoms with Gasteiger partial charge in [-0.05, 0) is 68.1 Å². The first-order chi connectivity index (χ1) is 19.5. The molecule has 0 spiro atoms. The van der Waals surface area contributed by atoms with Gasteiger partial charge >= 0.3 is 0 Å². The van der Waals surface area contributed by atoms with Crippen LogP contribution in [-0.4, -0.2) is 42.3 Å². The second kappa shape index (κ2) is 12.9. The lowest BCUT2D eigenvalue weighted by Gasteiger charge is -2.22. The molecule has 1 amide bonds. The highest BCUT2D eigenvalue weighted by Crippen LogP contribution is 2.31. The monoisotopic (exact) mass is 543 g/mol. The van der Waals surface area contributed by atoms with Gasteiger partial charge < -0.3 is 19.5 Å². The largest absolute Gasteiger partial charge is 0.497 e. The predicted octanol–water partition coefficient (Wildman–Crippen LogP) is 6.39. The molecule has 4 aromatic rings. The van der Waals surface area contributed by atoms with E-state index in [2.05, 4.69) is 5.32 Å². The summed E-state index contributed by atoms with van der Waals surface area (Å²) in [5.41, 5.74) is 5.01. The Morgan fingerprint density at radius 2 is 1.95 bits per heavy atom. The van der Waals surface area contributed by atoms with Gasteiger partial charge in [-0.25, -0.2) is 4.39 Å². The highest BCUT2D eigenvalue weighted by Gasteiger charge is 2.21. The van der Waals surface area contributed by atoms with Crippen molar-refractivity contribution in [2.45, 2.75) is 45.4 Å². The molecule has 1 aliphatic heterocycles. The maximum absolute atomic E-state index is 15.1. The highest BCUT2D eigenvalue weighted by molar-refractivity contribution is 6.04. The average Bonchev–Trinajstić information content (AvgIpc) is 3.28. The molecule has 1 saturated heterocycles. The van der Waals surface area contributed by atoms with Crippen molar-refractivity contribution in [2.24, 2.45) is 0 Å². The molecule has 1 atom stereocenters. The van der Waals surface area contributed by atoms with Crippen LogP contribution in [0, 0.1) is 12.7 Å². The number of benzene rings is 3. The SMILES string of the molecule is COc1cccc(NC(=O)c2cccc(Cc3c(C)nn(CCOC4CCCCO4)c3-c3ccccc3F)c2)c1. The van der Waals surface area contributed by atoms with E-state index < -0.39 is 0 Å². The number of anilines is 1. The molecular formula is C32H34FN3O4. The fourth-order valence-corrected chi connectivity index (χ4v) is 4.99. The summed E-state index contributed by atoms with van der Waals surface area (Å²) in [5, 5.41) is 7.70. The van der Waals surface area contributed by atoms with Crippen molar-refractivity contribution in [1.82, 2.24) is 9.78 Å². The van der Waals surface area contributed by atoms with Crippen LogP contribution in [0.15, 0.2) is 72.8 Å². The molecule has 0 radical (unpaired) electrons. The van der Waals surface area contributed by atoms with Gasteiger partial charge in [0, 0.05) is 41.5 Å². The van der Waals surface area contributed by atoms with Crippen LogP contribution >= 0.6 is 0 Å². The summed E-state index contributed by atoms with van der Waals surface area (Å²) in [6.45, 7) is 3.52. The van der Waals surface area contributed by atoms with Crippen molar-refractivity contribution in [3.05, 3.63) is 101 Å². The summed E-state index contributed by atoms with van der Waals surface area (Å²) in [7, 11) is 1.59. The van der Waals surface area contributed by atoms with E-state index >= 15 is 4.39 Å². The number of amides is 1. The number of carbonyl (C=O) groups is 1. The van der Waals surface area contributed by atoms with Gasteiger partial charge in [0.2, 0.25) is 0 Å². The molecule has 3 aromatic carbocycles. The van der Waals surface area contributed by atoms with Gasteiger partial charge in [-0.1, -0.05) is 30.3 Å². The Bertz CT molecular complexity index is 1460. The summed E-state index contributed by atoms with van der Waals surface area (Å²) in [5.74, 6) is 0.128. The quantitative estimate of drug-likeness (QED) is 0.251. The number of halogens is 1. The Balaban J connectivity index is 1.38. The predicted molar refractivity (Wildman–Crippen MR) is 152 cm³/mol. The zero-order valence-corrected chi connectivity index (χ0v) is 22.9. The van der Waals surface area contributed by atoms with Crippen LogP contribution < -0.4 is 10.1 Å². The Labute approximate surface area is 233 Å². The van der Waals surface area contributed by atoms with E-state index in [0.717, 1.165) is 41.8 Å². The number of hydrogen-bond donors (Lipinski definition) is 1. The number of aryl methyl sites for hydroxylation is 1. The normalized spacial score (nSPS) is 15.1. The summed E-state index contributed by atoms with van der Waals surface area (Å²) < 4.78 is 33.8. The summed E-state index contributed by atoms with van der Waals surface area (Å²) in [4.78, 5) is 13.0. The van der Waals surface area contributed by atoms with E-state index in [1.807, 2.05) is 54.1 Å². The Morgan fingerprint density at radius 3 is 2.75 bits per heavy atom. The van der Waals surface area contributed by atoms with Gasteiger partial charge in [-0.15, -0.1) is 0 Å². The number of hydrogen-bond acceptors (Lipinski definition) is 5. The van der Waals surface area contributed by atoms with Gasteiger partial charge in [0.05, 0.1) is 31.6 Å². The van der Waals surface area contributed by atoms with Crippen molar-refractivity contribution in [3.63, 3.8) is 0 Å². The molecule has 40 heavy (non-hydrogen) atoms. The third-order valence-electron chi connectivity index (χ3n) is 7.02. The minimum absolute atomic E-state index is 0.201. The van der Waals surface area contributed by atoms with Gasteiger partial charge in [-0.3, -0.25) is 9.48 Å². The van der Waals surface area contributed by atoms with E-state index in [1.165, 1.54) is 6.07 Å². The number of carbonyl (C=O) groups excluding carboxylic acids is 1. The standard InChI is InChI=1S/C32H34FN3O4/c1-22-28(20-23-9-7-10-24(19-23)32(37)34-25-11-8-12-26(21-25)38-2)31(27-13-3-4-14-29(27)33)36(35-22)16-18-40-30-15-5-6-17-39-30/h3-4,7-14,19,21,30H,5-6,15-18,20H2,1-2H3,(H,34,37). The molecule has 1 unspecified atom stereocenters. The second-order valence-electron chi connectivity index (χ2n) is 9.85. The molecule has 1 N–H and O–H groups in total. The number of methoxy groups -OCH3 is 1. The number of aromatic nitrogens is 2. The summed E-state index contributed by atoms with van der Waals surface area (Å²) in [6.07, 6.45) is 3.32. The van der Waals surface area contributed by atoms with Gasteiger partial charge in [-0.2, -0.15) is 5.10 Å². The zero-order chi connectivity index (χ0) is 27.9. The lowest BCUT2D eigenvalue weighted by molar-refractivity contribution is -0.163. The molecule has 0 aliphatic carbocycles.